The van der Waals surface area contributed by atoms with Gasteiger partial charge in [-0.25, -0.2) is 17.8 Å². The van der Waals surface area contributed by atoms with E-state index in [0.717, 1.165) is 5.56 Å². The third-order valence-electron chi connectivity index (χ3n) is 4.84. The van der Waals surface area contributed by atoms with Gasteiger partial charge in [0.25, 0.3) is 0 Å². The highest BCUT2D eigenvalue weighted by molar-refractivity contribution is 7.92. The van der Waals surface area contributed by atoms with Crippen LogP contribution < -0.4 is 10.1 Å². The molecule has 3 rings (SSSR count). The summed E-state index contributed by atoms with van der Waals surface area (Å²) in [5.74, 6) is 1.31. The Morgan fingerprint density at radius 3 is 2.69 bits per heavy atom. The molecular weight excluding hydrogens is 395 g/mol. The first-order valence-electron chi connectivity index (χ1n) is 9.26. The molecule has 0 saturated carbocycles. The smallest absolute Gasteiger partial charge is 0.219 e. The molecule has 1 N–H and O–H groups in total. The number of guanidine groups is 1. The average molecular weight is 421 g/mol. The molecule has 2 aromatic rings. The topological polar surface area (TPSA) is 83.9 Å². The fraction of sp³-hybridized carbons (Fsp3) is 0.400. The lowest BCUT2D eigenvalue weighted by atomic mass is 10.2. The van der Waals surface area contributed by atoms with E-state index in [1.54, 1.807) is 33.2 Å². The van der Waals surface area contributed by atoms with Gasteiger partial charge in [-0.1, -0.05) is 0 Å². The van der Waals surface area contributed by atoms with Crippen molar-refractivity contribution < 1.29 is 17.5 Å². The van der Waals surface area contributed by atoms with Crippen molar-refractivity contribution in [1.82, 2.24) is 15.2 Å². The van der Waals surface area contributed by atoms with Gasteiger partial charge in [-0.2, -0.15) is 0 Å². The van der Waals surface area contributed by atoms with Crippen molar-refractivity contribution >= 4 is 15.8 Å². The van der Waals surface area contributed by atoms with E-state index in [2.05, 4.69) is 15.3 Å². The number of benzene rings is 1. The summed E-state index contributed by atoms with van der Waals surface area (Å²) in [7, 11) is -1.44. The maximum Gasteiger partial charge on any atom is 0.219 e. The number of ether oxygens (including phenoxy) is 1. The largest absolute Gasteiger partial charge is 0.439 e. The molecule has 1 saturated heterocycles. The van der Waals surface area contributed by atoms with E-state index in [1.807, 2.05) is 11.0 Å². The minimum Gasteiger partial charge on any atom is -0.439 e. The molecule has 0 unspecified atom stereocenters. The van der Waals surface area contributed by atoms with Crippen molar-refractivity contribution in [3.63, 3.8) is 0 Å². The molecule has 0 atom stereocenters. The molecule has 1 aromatic carbocycles. The number of pyridine rings is 1. The summed E-state index contributed by atoms with van der Waals surface area (Å²) in [6.45, 7) is 4.73. The fourth-order valence-electron chi connectivity index (χ4n) is 3.08. The molecule has 1 aliphatic heterocycles. The summed E-state index contributed by atoms with van der Waals surface area (Å²) in [4.78, 5) is 10.4. The molecule has 1 fully saturated rings. The van der Waals surface area contributed by atoms with E-state index in [1.165, 1.54) is 24.3 Å². The Morgan fingerprint density at radius 2 is 2.03 bits per heavy atom. The second-order valence-electron chi connectivity index (χ2n) is 7.46. The zero-order valence-electron chi connectivity index (χ0n) is 16.7. The van der Waals surface area contributed by atoms with E-state index in [9.17, 15) is 12.8 Å². The summed E-state index contributed by atoms with van der Waals surface area (Å²) in [6.07, 6.45) is 1.63. The molecule has 0 aliphatic carbocycles. The second-order valence-corrected chi connectivity index (χ2v) is 10.2. The van der Waals surface area contributed by atoms with E-state index in [-0.39, 0.29) is 11.6 Å². The van der Waals surface area contributed by atoms with E-state index in [4.69, 9.17) is 4.74 Å². The summed E-state index contributed by atoms with van der Waals surface area (Å²) < 4.78 is 42.3. The van der Waals surface area contributed by atoms with E-state index < -0.39 is 14.6 Å². The van der Waals surface area contributed by atoms with Crippen LogP contribution in [-0.4, -0.2) is 54.9 Å². The van der Waals surface area contributed by atoms with Crippen LogP contribution in [0.1, 0.15) is 19.4 Å². The van der Waals surface area contributed by atoms with Crippen molar-refractivity contribution in [3.8, 4) is 11.6 Å². The van der Waals surface area contributed by atoms with Gasteiger partial charge in [0.15, 0.2) is 15.8 Å². The SMILES string of the molecule is CN=C(NCc1ccnc(Oc2ccc(F)cc2)c1)N1CCS(=O)(=O)C(C)(C)C1. The van der Waals surface area contributed by atoms with Crippen LogP contribution in [0.15, 0.2) is 47.6 Å². The van der Waals surface area contributed by atoms with Crippen molar-refractivity contribution in [1.29, 1.82) is 0 Å². The van der Waals surface area contributed by atoms with Crippen molar-refractivity contribution in [2.45, 2.75) is 25.1 Å². The minimum absolute atomic E-state index is 0.103. The number of hydrogen-bond donors (Lipinski definition) is 1. The van der Waals surface area contributed by atoms with Crippen LogP contribution in [0.2, 0.25) is 0 Å². The molecule has 1 aliphatic rings. The molecule has 9 heteroatoms. The van der Waals surface area contributed by atoms with Crippen molar-refractivity contribution in [3.05, 3.63) is 54.0 Å². The van der Waals surface area contributed by atoms with Gasteiger partial charge in [-0.3, -0.25) is 4.99 Å². The van der Waals surface area contributed by atoms with Crippen LogP contribution in [0.25, 0.3) is 0 Å². The van der Waals surface area contributed by atoms with Gasteiger partial charge in [0.2, 0.25) is 5.88 Å². The molecule has 1 aromatic heterocycles. The number of rotatable bonds is 4. The molecular formula is C20H25FN4O3S. The van der Waals surface area contributed by atoms with Gasteiger partial charge in [-0.05, 0) is 49.7 Å². The third-order valence-corrected chi connectivity index (χ3v) is 7.37. The maximum atomic E-state index is 13.0. The van der Waals surface area contributed by atoms with Crippen LogP contribution in [0.3, 0.4) is 0 Å². The molecule has 0 spiro atoms. The Hall–Kier alpha value is -2.68. The lowest BCUT2D eigenvalue weighted by molar-refractivity contribution is 0.353. The zero-order valence-corrected chi connectivity index (χ0v) is 17.5. The molecule has 29 heavy (non-hydrogen) atoms. The van der Waals surface area contributed by atoms with Crippen LogP contribution in [0.5, 0.6) is 11.6 Å². The number of hydrogen-bond acceptors (Lipinski definition) is 5. The number of aromatic nitrogens is 1. The van der Waals surface area contributed by atoms with E-state index in [0.29, 0.717) is 37.2 Å². The lowest BCUT2D eigenvalue weighted by Gasteiger charge is -2.39. The highest BCUT2D eigenvalue weighted by Gasteiger charge is 2.40. The number of aliphatic imine (C=N–C) groups is 1. The number of halogens is 1. The Morgan fingerprint density at radius 1 is 1.31 bits per heavy atom. The van der Waals surface area contributed by atoms with Gasteiger partial charge >= 0.3 is 0 Å². The van der Waals surface area contributed by atoms with E-state index >= 15 is 0 Å². The molecule has 0 bridgehead atoms. The lowest BCUT2D eigenvalue weighted by Crippen LogP contribution is -2.57. The molecule has 7 nitrogen and oxygen atoms in total. The van der Waals surface area contributed by atoms with Crippen LogP contribution in [0, 0.1) is 5.82 Å². The third kappa shape index (κ3) is 5.03. The normalized spacial score (nSPS) is 18.3. The summed E-state index contributed by atoms with van der Waals surface area (Å²) in [6, 6.07) is 9.36. The van der Waals surface area contributed by atoms with Crippen molar-refractivity contribution in [2.24, 2.45) is 4.99 Å². The highest BCUT2D eigenvalue weighted by Crippen LogP contribution is 2.24. The zero-order chi connectivity index (χ0) is 21.1. The van der Waals surface area contributed by atoms with Gasteiger partial charge < -0.3 is 15.0 Å². The number of nitrogens with zero attached hydrogens (tertiary/aromatic N) is 3. The fourth-order valence-corrected chi connectivity index (χ4v) is 4.44. The summed E-state index contributed by atoms with van der Waals surface area (Å²) in [5, 5.41) is 3.27. The number of sulfone groups is 1. The molecule has 0 amide bonds. The first-order chi connectivity index (χ1) is 13.7. The van der Waals surface area contributed by atoms with Gasteiger partial charge in [0, 0.05) is 38.9 Å². The Bertz CT molecular complexity index is 991. The van der Waals surface area contributed by atoms with Gasteiger partial charge in [0.05, 0.1) is 10.5 Å². The van der Waals surface area contributed by atoms with Crippen LogP contribution in [0.4, 0.5) is 4.39 Å². The quantitative estimate of drug-likeness (QED) is 0.605. The van der Waals surface area contributed by atoms with Gasteiger partial charge in [0.1, 0.15) is 11.6 Å². The predicted octanol–water partition coefficient (Wildman–Crippen LogP) is 2.60. The standard InChI is InChI=1S/C20H25FN4O3S/c1-20(2)14-25(10-11-29(20,26)27)19(22-3)24-13-15-8-9-23-18(12-15)28-17-6-4-16(21)5-7-17/h4-9,12H,10-11,13-14H2,1-3H3,(H,22,24). The Labute approximate surface area is 170 Å². The number of nitrogens with one attached hydrogen (secondary N) is 1. The Kier molecular flexibility index (Phi) is 6.07. The predicted molar refractivity (Wildman–Crippen MR) is 110 cm³/mol. The first-order valence-corrected chi connectivity index (χ1v) is 10.9. The summed E-state index contributed by atoms with van der Waals surface area (Å²) in [5.41, 5.74) is 0.919. The minimum atomic E-state index is -3.11. The molecule has 156 valence electrons. The Balaban J connectivity index is 1.63. The van der Waals surface area contributed by atoms with Crippen molar-refractivity contribution in [2.75, 3.05) is 25.9 Å². The van der Waals surface area contributed by atoms with Gasteiger partial charge in [-0.15, -0.1) is 0 Å². The van der Waals surface area contributed by atoms with Crippen LogP contribution >= 0.6 is 0 Å². The van der Waals surface area contributed by atoms with Crippen LogP contribution in [-0.2, 0) is 16.4 Å². The maximum absolute atomic E-state index is 13.0. The second kappa shape index (κ2) is 8.36. The first kappa shape index (κ1) is 21.0. The highest BCUT2D eigenvalue weighted by atomic mass is 32.2. The molecule has 0 radical (unpaired) electrons. The average Bonchev–Trinajstić information content (AvgIpc) is 2.67. The molecule has 2 heterocycles. The monoisotopic (exact) mass is 420 g/mol. The summed E-state index contributed by atoms with van der Waals surface area (Å²) >= 11 is 0.